The zero-order valence-corrected chi connectivity index (χ0v) is 15.3. The van der Waals surface area contributed by atoms with Crippen LogP contribution in [0, 0.1) is 0 Å². The topological polar surface area (TPSA) is 114 Å². The van der Waals surface area contributed by atoms with E-state index in [0.717, 1.165) is 0 Å². The van der Waals surface area contributed by atoms with Gasteiger partial charge in [0.15, 0.2) is 18.1 Å². The molecule has 1 aliphatic heterocycles. The predicted molar refractivity (Wildman–Crippen MR) is 89.6 cm³/mol. The fraction of sp³-hybridized carbons (Fsp3) is 0.312. The molecule has 1 amide bonds. The highest BCUT2D eigenvalue weighted by molar-refractivity contribution is 9.10. The Labute approximate surface area is 152 Å². The number of carbonyl (C=O) groups is 3. The van der Waals surface area contributed by atoms with Crippen molar-refractivity contribution in [1.29, 1.82) is 0 Å². The van der Waals surface area contributed by atoms with Gasteiger partial charge in [0.2, 0.25) is 0 Å². The molecule has 1 fully saturated rings. The first kappa shape index (κ1) is 18.8. The summed E-state index contributed by atoms with van der Waals surface area (Å²) in [5.74, 6) is -2.98. The van der Waals surface area contributed by atoms with Crippen LogP contribution in [0.2, 0.25) is 0 Å². The van der Waals surface area contributed by atoms with Crippen molar-refractivity contribution in [3.05, 3.63) is 27.7 Å². The lowest BCUT2D eigenvalue weighted by atomic mass is 10.1. The molecule has 25 heavy (non-hydrogen) atoms. The largest absolute Gasteiger partial charge is 0.493 e. The van der Waals surface area contributed by atoms with Gasteiger partial charge in [-0.15, -0.1) is 0 Å². The van der Waals surface area contributed by atoms with E-state index in [9.17, 15) is 14.4 Å². The van der Waals surface area contributed by atoms with E-state index in [1.165, 1.54) is 39.2 Å². The summed E-state index contributed by atoms with van der Waals surface area (Å²) in [4.78, 5) is 34.9. The van der Waals surface area contributed by atoms with Gasteiger partial charge in [0.25, 0.3) is 11.7 Å². The third-order valence-corrected chi connectivity index (χ3v) is 3.76. The number of hydrogen-bond donors (Lipinski definition) is 1. The fourth-order valence-corrected chi connectivity index (χ4v) is 2.45. The number of benzene rings is 1. The van der Waals surface area contributed by atoms with Crippen LogP contribution in [0.25, 0.3) is 6.08 Å². The van der Waals surface area contributed by atoms with E-state index in [2.05, 4.69) is 15.9 Å². The third-order valence-electron chi connectivity index (χ3n) is 3.07. The maximum Gasteiger partial charge on any atom is 0.348 e. The molecule has 1 heterocycles. The minimum Gasteiger partial charge on any atom is -0.493 e. The Bertz CT molecular complexity index is 748. The van der Waals surface area contributed by atoms with Crippen LogP contribution >= 0.6 is 15.9 Å². The number of ether oxygens (including phenoxy) is 4. The second kappa shape index (κ2) is 7.14. The first-order valence-corrected chi connectivity index (χ1v) is 7.89. The first-order valence-electron chi connectivity index (χ1n) is 7.10. The predicted octanol–water partition coefficient (Wildman–Crippen LogP) is 1.54. The number of primary amides is 1. The number of hydrogen-bond acceptors (Lipinski definition) is 7. The highest BCUT2D eigenvalue weighted by Crippen LogP contribution is 2.35. The van der Waals surface area contributed by atoms with Gasteiger partial charge in [-0.25, -0.2) is 9.59 Å². The van der Waals surface area contributed by atoms with Crippen LogP contribution < -0.4 is 15.2 Å². The number of nitrogens with two attached hydrogens (primary N) is 1. The quantitative estimate of drug-likeness (QED) is 0.442. The zero-order valence-electron chi connectivity index (χ0n) is 13.8. The third kappa shape index (κ3) is 4.50. The van der Waals surface area contributed by atoms with E-state index >= 15 is 0 Å². The van der Waals surface area contributed by atoms with Crippen molar-refractivity contribution in [2.75, 3.05) is 13.7 Å². The van der Waals surface area contributed by atoms with Crippen LogP contribution in [0.15, 0.2) is 22.2 Å². The van der Waals surface area contributed by atoms with Gasteiger partial charge in [-0.05, 0) is 23.8 Å². The van der Waals surface area contributed by atoms with Crippen molar-refractivity contribution in [3.63, 3.8) is 0 Å². The number of amides is 1. The molecule has 2 N–H and O–H groups in total. The van der Waals surface area contributed by atoms with Gasteiger partial charge in [0, 0.05) is 18.3 Å². The Morgan fingerprint density at radius 1 is 1.24 bits per heavy atom. The van der Waals surface area contributed by atoms with Gasteiger partial charge in [-0.3, -0.25) is 4.79 Å². The number of carbonyl (C=O) groups excluding carboxylic acids is 3. The van der Waals surface area contributed by atoms with Gasteiger partial charge in [0.1, 0.15) is 5.57 Å². The second-order valence-electron chi connectivity index (χ2n) is 5.52. The van der Waals surface area contributed by atoms with Crippen molar-refractivity contribution < 1.29 is 33.3 Å². The molecule has 0 saturated carbocycles. The molecule has 0 atom stereocenters. The van der Waals surface area contributed by atoms with Crippen LogP contribution in [0.1, 0.15) is 19.4 Å². The van der Waals surface area contributed by atoms with Gasteiger partial charge >= 0.3 is 11.9 Å². The van der Waals surface area contributed by atoms with Crippen LogP contribution in [0.4, 0.5) is 0 Å². The average molecular weight is 414 g/mol. The van der Waals surface area contributed by atoms with E-state index < -0.39 is 23.6 Å². The summed E-state index contributed by atoms with van der Waals surface area (Å²) < 4.78 is 21.0. The van der Waals surface area contributed by atoms with Gasteiger partial charge in [0.05, 0.1) is 7.11 Å². The summed E-state index contributed by atoms with van der Waals surface area (Å²) in [5, 5.41) is 0. The van der Waals surface area contributed by atoms with Gasteiger partial charge < -0.3 is 24.7 Å². The lowest BCUT2D eigenvalue weighted by Gasteiger charge is -2.29. The highest BCUT2D eigenvalue weighted by atomic mass is 79.9. The Kier molecular flexibility index (Phi) is 5.36. The molecule has 1 aliphatic rings. The number of esters is 2. The van der Waals surface area contributed by atoms with Crippen molar-refractivity contribution in [1.82, 2.24) is 0 Å². The Hall–Kier alpha value is -2.55. The number of halogens is 1. The molecule has 0 bridgehead atoms. The maximum absolute atomic E-state index is 12.0. The molecule has 1 saturated heterocycles. The molecule has 134 valence electrons. The van der Waals surface area contributed by atoms with Crippen molar-refractivity contribution in [3.8, 4) is 11.5 Å². The molecule has 0 unspecified atom stereocenters. The Balaban J connectivity index is 2.38. The van der Waals surface area contributed by atoms with Crippen LogP contribution in [-0.2, 0) is 23.9 Å². The lowest BCUT2D eigenvalue weighted by molar-refractivity contribution is -0.222. The van der Waals surface area contributed by atoms with Gasteiger partial charge in [-0.1, -0.05) is 15.9 Å². The lowest BCUT2D eigenvalue weighted by Crippen LogP contribution is -2.41. The monoisotopic (exact) mass is 413 g/mol. The fourth-order valence-electron chi connectivity index (χ4n) is 2.02. The molecule has 2 rings (SSSR count). The molecule has 0 aliphatic carbocycles. The summed E-state index contributed by atoms with van der Waals surface area (Å²) in [6, 6.07) is 3.05. The van der Waals surface area contributed by atoms with E-state index in [-0.39, 0.29) is 23.7 Å². The number of methoxy groups -OCH3 is 1. The molecular weight excluding hydrogens is 398 g/mol. The number of rotatable bonds is 5. The minimum absolute atomic E-state index is 0.257. The van der Waals surface area contributed by atoms with Crippen molar-refractivity contribution >= 4 is 39.9 Å². The molecule has 1 aromatic rings. The summed E-state index contributed by atoms with van der Waals surface area (Å²) in [7, 11) is 1.41. The van der Waals surface area contributed by atoms with E-state index in [4.69, 9.17) is 24.7 Å². The standard InChI is InChI=1S/C16H16BrNO7/c1-16(2)24-14(20)9(15(21)25-16)4-8-5-11(22-3)12(6-10(8)17)23-7-13(18)19/h4-6H,7H2,1-3H3,(H2,18,19). The van der Waals surface area contributed by atoms with Crippen LogP contribution in [0.5, 0.6) is 11.5 Å². The Morgan fingerprint density at radius 2 is 1.84 bits per heavy atom. The zero-order chi connectivity index (χ0) is 18.8. The number of cyclic esters (lactones) is 2. The SMILES string of the molecule is COc1cc(C=C2C(=O)OC(C)(C)OC2=O)c(Br)cc1OCC(N)=O. The van der Waals surface area contributed by atoms with E-state index in [0.29, 0.717) is 10.0 Å². The molecule has 0 aromatic heterocycles. The summed E-state index contributed by atoms with van der Waals surface area (Å²) in [6.45, 7) is 2.60. The van der Waals surface area contributed by atoms with Crippen molar-refractivity contribution in [2.24, 2.45) is 5.73 Å². The van der Waals surface area contributed by atoms with E-state index in [1.807, 2.05) is 0 Å². The molecule has 1 aromatic carbocycles. The summed E-state index contributed by atoms with van der Waals surface area (Å²) in [6.07, 6.45) is 1.31. The molecule has 0 spiro atoms. The van der Waals surface area contributed by atoms with E-state index in [1.54, 1.807) is 0 Å². The minimum atomic E-state index is -1.31. The normalized spacial score (nSPS) is 15.9. The Morgan fingerprint density at radius 3 is 2.36 bits per heavy atom. The van der Waals surface area contributed by atoms with Crippen molar-refractivity contribution in [2.45, 2.75) is 19.6 Å². The summed E-state index contributed by atoms with van der Waals surface area (Å²) >= 11 is 3.31. The van der Waals surface area contributed by atoms with Crippen LogP contribution in [0.3, 0.4) is 0 Å². The maximum atomic E-state index is 12.0. The molecular formula is C16H16BrNO7. The molecule has 0 radical (unpaired) electrons. The smallest absolute Gasteiger partial charge is 0.348 e. The average Bonchev–Trinajstić information content (AvgIpc) is 2.49. The van der Waals surface area contributed by atoms with Crippen LogP contribution in [-0.4, -0.2) is 37.3 Å². The van der Waals surface area contributed by atoms with Gasteiger partial charge in [-0.2, -0.15) is 0 Å². The highest BCUT2D eigenvalue weighted by Gasteiger charge is 2.39. The summed E-state index contributed by atoms with van der Waals surface area (Å²) in [5.41, 5.74) is 5.24. The second-order valence-corrected chi connectivity index (χ2v) is 6.37. The molecule has 9 heteroatoms. The first-order chi connectivity index (χ1) is 11.6. The molecule has 8 nitrogen and oxygen atoms in total.